The van der Waals surface area contributed by atoms with Gasteiger partial charge in [-0.3, -0.25) is 4.90 Å². The summed E-state index contributed by atoms with van der Waals surface area (Å²) in [6, 6.07) is 0. The van der Waals surface area contributed by atoms with Gasteiger partial charge in [0.2, 0.25) is 0 Å². The minimum absolute atomic E-state index is 0.404. The van der Waals surface area contributed by atoms with Gasteiger partial charge < -0.3 is 10.5 Å². The molecule has 1 heterocycles. The van der Waals surface area contributed by atoms with Crippen molar-refractivity contribution in [3.63, 3.8) is 0 Å². The third-order valence-electron chi connectivity index (χ3n) is 2.00. The zero-order valence-corrected chi connectivity index (χ0v) is 7.25. The fraction of sp³-hybridized carbons (Fsp3) is 1.00. The molecule has 0 bridgehead atoms. The van der Waals surface area contributed by atoms with E-state index in [1.54, 1.807) is 0 Å². The molecule has 2 N–H and O–H groups in total. The molecule has 1 aliphatic heterocycles. The van der Waals surface area contributed by atoms with Crippen molar-refractivity contribution in [1.82, 2.24) is 4.90 Å². The number of hydrogen-bond donors (Lipinski definition) is 1. The lowest BCUT2D eigenvalue weighted by atomic mass is 10.3. The molecule has 0 radical (unpaired) electrons. The maximum Gasteiger partial charge on any atom is 0.0674 e. The smallest absolute Gasteiger partial charge is 0.0674 e. The monoisotopic (exact) mass is 158 g/mol. The van der Waals surface area contributed by atoms with Gasteiger partial charge in [-0.2, -0.15) is 0 Å². The Morgan fingerprint density at radius 1 is 1.64 bits per heavy atom. The van der Waals surface area contributed by atoms with Crippen LogP contribution in [0.3, 0.4) is 0 Å². The van der Waals surface area contributed by atoms with Crippen LogP contribution in [0.5, 0.6) is 0 Å². The standard InChI is InChI=1S/C8H18N2O/c1-8-7-10(4-2-3-9)5-6-11-8/h8H,2-7,9H2,1H3. The molecule has 66 valence electrons. The summed E-state index contributed by atoms with van der Waals surface area (Å²) in [7, 11) is 0. The topological polar surface area (TPSA) is 38.5 Å². The van der Waals surface area contributed by atoms with E-state index in [1.165, 1.54) is 0 Å². The molecule has 0 aromatic heterocycles. The summed E-state index contributed by atoms with van der Waals surface area (Å²) in [6.45, 7) is 7.07. The Labute approximate surface area is 68.5 Å². The fourth-order valence-electron chi connectivity index (χ4n) is 1.41. The average Bonchev–Trinajstić information content (AvgIpc) is 2.01. The number of ether oxygens (including phenoxy) is 1. The number of nitrogens with zero attached hydrogens (tertiary/aromatic N) is 1. The van der Waals surface area contributed by atoms with E-state index < -0.39 is 0 Å². The van der Waals surface area contributed by atoms with Gasteiger partial charge in [-0.25, -0.2) is 0 Å². The molecule has 0 aromatic carbocycles. The van der Waals surface area contributed by atoms with Crippen LogP contribution in [-0.2, 0) is 4.74 Å². The van der Waals surface area contributed by atoms with Gasteiger partial charge in [0.1, 0.15) is 0 Å². The lowest BCUT2D eigenvalue weighted by molar-refractivity contribution is -0.0182. The molecular formula is C8H18N2O. The molecule has 0 amide bonds. The largest absolute Gasteiger partial charge is 0.376 e. The Morgan fingerprint density at radius 3 is 3.09 bits per heavy atom. The van der Waals surface area contributed by atoms with Crippen LogP contribution in [0.15, 0.2) is 0 Å². The summed E-state index contributed by atoms with van der Waals surface area (Å²) in [5, 5.41) is 0. The van der Waals surface area contributed by atoms with Crippen molar-refractivity contribution in [3.8, 4) is 0 Å². The fourth-order valence-corrected chi connectivity index (χ4v) is 1.41. The Bertz CT molecular complexity index is 108. The summed E-state index contributed by atoms with van der Waals surface area (Å²) >= 11 is 0. The summed E-state index contributed by atoms with van der Waals surface area (Å²) in [5.74, 6) is 0. The van der Waals surface area contributed by atoms with Crippen LogP contribution >= 0.6 is 0 Å². The number of hydrogen-bond acceptors (Lipinski definition) is 3. The van der Waals surface area contributed by atoms with Crippen molar-refractivity contribution >= 4 is 0 Å². The zero-order chi connectivity index (χ0) is 8.10. The van der Waals surface area contributed by atoms with Gasteiger partial charge in [0.05, 0.1) is 12.7 Å². The molecular weight excluding hydrogens is 140 g/mol. The van der Waals surface area contributed by atoms with Crippen molar-refractivity contribution in [3.05, 3.63) is 0 Å². The van der Waals surface area contributed by atoms with Gasteiger partial charge >= 0.3 is 0 Å². The van der Waals surface area contributed by atoms with Crippen molar-refractivity contribution in [2.45, 2.75) is 19.4 Å². The van der Waals surface area contributed by atoms with Crippen LogP contribution in [-0.4, -0.2) is 43.8 Å². The van der Waals surface area contributed by atoms with Crippen LogP contribution in [0.2, 0.25) is 0 Å². The first-order valence-electron chi connectivity index (χ1n) is 4.37. The zero-order valence-electron chi connectivity index (χ0n) is 7.25. The van der Waals surface area contributed by atoms with Crippen LogP contribution in [0, 0.1) is 0 Å². The lowest BCUT2D eigenvalue weighted by Gasteiger charge is -2.30. The molecule has 1 rings (SSSR count). The maximum atomic E-state index is 5.42. The third kappa shape index (κ3) is 3.18. The van der Waals surface area contributed by atoms with Gasteiger partial charge in [-0.05, 0) is 26.4 Å². The van der Waals surface area contributed by atoms with E-state index >= 15 is 0 Å². The van der Waals surface area contributed by atoms with Crippen molar-refractivity contribution in [2.24, 2.45) is 5.73 Å². The van der Waals surface area contributed by atoms with E-state index in [9.17, 15) is 0 Å². The van der Waals surface area contributed by atoms with E-state index in [2.05, 4.69) is 11.8 Å². The molecule has 1 aliphatic rings. The molecule has 11 heavy (non-hydrogen) atoms. The molecule has 1 saturated heterocycles. The third-order valence-corrected chi connectivity index (χ3v) is 2.00. The maximum absolute atomic E-state index is 5.42. The average molecular weight is 158 g/mol. The van der Waals surface area contributed by atoms with Gasteiger partial charge in [0.25, 0.3) is 0 Å². The Morgan fingerprint density at radius 2 is 2.45 bits per heavy atom. The number of nitrogens with two attached hydrogens (primary N) is 1. The van der Waals surface area contributed by atoms with Crippen molar-refractivity contribution in [2.75, 3.05) is 32.8 Å². The summed E-state index contributed by atoms with van der Waals surface area (Å²) < 4.78 is 5.42. The molecule has 1 unspecified atom stereocenters. The highest BCUT2D eigenvalue weighted by Crippen LogP contribution is 2.03. The van der Waals surface area contributed by atoms with E-state index in [4.69, 9.17) is 10.5 Å². The van der Waals surface area contributed by atoms with Crippen LogP contribution in [0.4, 0.5) is 0 Å². The van der Waals surface area contributed by atoms with Crippen molar-refractivity contribution in [1.29, 1.82) is 0 Å². The van der Waals surface area contributed by atoms with Crippen LogP contribution < -0.4 is 5.73 Å². The Balaban J connectivity index is 2.12. The molecule has 1 atom stereocenters. The minimum atomic E-state index is 0.404. The summed E-state index contributed by atoms with van der Waals surface area (Å²) in [6.07, 6.45) is 1.51. The lowest BCUT2D eigenvalue weighted by Crippen LogP contribution is -2.41. The van der Waals surface area contributed by atoms with Crippen LogP contribution in [0.25, 0.3) is 0 Å². The van der Waals surface area contributed by atoms with Crippen LogP contribution in [0.1, 0.15) is 13.3 Å². The second kappa shape index (κ2) is 4.70. The molecule has 0 saturated carbocycles. The first kappa shape index (κ1) is 8.97. The first-order valence-corrected chi connectivity index (χ1v) is 4.37. The SMILES string of the molecule is CC1CN(CCCN)CCO1. The summed E-state index contributed by atoms with van der Waals surface area (Å²) in [5.41, 5.74) is 5.42. The highest BCUT2D eigenvalue weighted by molar-refractivity contribution is 4.67. The molecule has 3 heteroatoms. The Kier molecular flexibility index (Phi) is 3.83. The normalized spacial score (nSPS) is 27.3. The predicted octanol–water partition coefficient (Wildman–Crippen LogP) is 0.0559. The van der Waals surface area contributed by atoms with E-state index in [1.807, 2.05) is 0 Å². The quantitative estimate of drug-likeness (QED) is 0.631. The molecule has 0 aromatic rings. The van der Waals surface area contributed by atoms with Gasteiger partial charge in [0, 0.05) is 13.1 Å². The second-order valence-corrected chi connectivity index (χ2v) is 3.12. The second-order valence-electron chi connectivity index (χ2n) is 3.12. The number of morpholine rings is 1. The predicted molar refractivity (Wildman–Crippen MR) is 45.5 cm³/mol. The molecule has 0 aliphatic carbocycles. The highest BCUT2D eigenvalue weighted by atomic mass is 16.5. The van der Waals surface area contributed by atoms with E-state index in [0.29, 0.717) is 6.10 Å². The van der Waals surface area contributed by atoms with E-state index in [-0.39, 0.29) is 0 Å². The molecule has 0 spiro atoms. The summed E-state index contributed by atoms with van der Waals surface area (Å²) in [4.78, 5) is 2.42. The molecule has 3 nitrogen and oxygen atoms in total. The Hall–Kier alpha value is -0.120. The highest BCUT2D eigenvalue weighted by Gasteiger charge is 2.14. The van der Waals surface area contributed by atoms with Crippen molar-refractivity contribution < 1.29 is 4.74 Å². The van der Waals surface area contributed by atoms with E-state index in [0.717, 1.165) is 39.2 Å². The molecule has 1 fully saturated rings. The van der Waals surface area contributed by atoms with Gasteiger partial charge in [0.15, 0.2) is 0 Å². The van der Waals surface area contributed by atoms with Gasteiger partial charge in [-0.15, -0.1) is 0 Å². The number of rotatable bonds is 3. The van der Waals surface area contributed by atoms with Gasteiger partial charge in [-0.1, -0.05) is 0 Å². The minimum Gasteiger partial charge on any atom is -0.376 e. The first-order chi connectivity index (χ1) is 5.33.